The Morgan fingerprint density at radius 2 is 2.05 bits per heavy atom. The lowest BCUT2D eigenvalue weighted by atomic mass is 9.99. The van der Waals surface area contributed by atoms with Crippen LogP contribution in [0.4, 0.5) is 0 Å². The summed E-state index contributed by atoms with van der Waals surface area (Å²) in [6.45, 7) is 7.45. The third kappa shape index (κ3) is 3.92. The Bertz CT molecular complexity index is 590. The van der Waals surface area contributed by atoms with E-state index in [0.29, 0.717) is 5.92 Å². The van der Waals surface area contributed by atoms with Gasteiger partial charge in [-0.1, -0.05) is 44.7 Å². The van der Waals surface area contributed by atoms with Crippen LogP contribution >= 0.6 is 23.2 Å². The molecule has 1 aromatic heterocycles. The predicted octanol–water partition coefficient (Wildman–Crippen LogP) is 6.21. The first-order chi connectivity index (χ1) is 10.1. The number of fused-ring (bicyclic) bond motifs is 1. The van der Waals surface area contributed by atoms with Crippen molar-refractivity contribution in [3.63, 3.8) is 0 Å². The molecule has 0 fully saturated rings. The number of benzene rings is 1. The van der Waals surface area contributed by atoms with Gasteiger partial charge >= 0.3 is 0 Å². The first kappa shape index (κ1) is 16.6. The molecule has 2 rings (SSSR count). The Morgan fingerprint density at radius 1 is 1.29 bits per heavy atom. The molecule has 4 heteroatoms. The first-order valence-corrected chi connectivity index (χ1v) is 8.68. The summed E-state index contributed by atoms with van der Waals surface area (Å²) in [4.78, 5) is 4.69. The first-order valence-electron chi connectivity index (χ1n) is 7.86. The molecule has 2 atom stereocenters. The van der Waals surface area contributed by atoms with Crippen molar-refractivity contribution in [2.24, 2.45) is 5.92 Å². The fraction of sp³-hybridized carbons (Fsp3) is 0.588. The zero-order chi connectivity index (χ0) is 15.4. The molecule has 1 aromatic carbocycles. The van der Waals surface area contributed by atoms with Crippen molar-refractivity contribution in [1.29, 1.82) is 0 Å². The molecular weight excluding hydrogens is 303 g/mol. The summed E-state index contributed by atoms with van der Waals surface area (Å²) in [6.07, 6.45) is 4.95. The van der Waals surface area contributed by atoms with Gasteiger partial charge in [0.1, 0.15) is 5.82 Å². The standard InChI is InChI=1S/C17H24Cl2N2/c1-4-6-7-13(5-2)11-21-16-10-14(19)8-9-15(16)20-17(21)12(3)18/h8-10,12-13H,4-7,11H2,1-3H3. The smallest absolute Gasteiger partial charge is 0.127 e. The van der Waals surface area contributed by atoms with E-state index < -0.39 is 0 Å². The maximum atomic E-state index is 6.33. The Kier molecular flexibility index (Phi) is 5.95. The van der Waals surface area contributed by atoms with Crippen molar-refractivity contribution in [3.05, 3.63) is 29.0 Å². The normalized spacial score (nSPS) is 14.5. The van der Waals surface area contributed by atoms with Crippen LogP contribution in [0.2, 0.25) is 5.02 Å². The van der Waals surface area contributed by atoms with Crippen molar-refractivity contribution < 1.29 is 0 Å². The number of rotatable bonds is 7. The quantitative estimate of drug-likeness (QED) is 0.553. The maximum absolute atomic E-state index is 6.33. The van der Waals surface area contributed by atoms with Crippen LogP contribution in [0.1, 0.15) is 57.7 Å². The number of hydrogen-bond donors (Lipinski definition) is 0. The average molecular weight is 327 g/mol. The lowest BCUT2D eigenvalue weighted by molar-refractivity contribution is 0.389. The minimum atomic E-state index is -0.0974. The summed E-state index contributed by atoms with van der Waals surface area (Å²) in [5.41, 5.74) is 2.08. The van der Waals surface area contributed by atoms with Crippen molar-refractivity contribution >= 4 is 34.2 Å². The van der Waals surface area contributed by atoms with E-state index in [9.17, 15) is 0 Å². The fourth-order valence-electron chi connectivity index (χ4n) is 2.79. The molecule has 0 spiro atoms. The number of imidazole rings is 1. The highest BCUT2D eigenvalue weighted by molar-refractivity contribution is 6.31. The minimum absolute atomic E-state index is 0.0974. The molecule has 116 valence electrons. The van der Waals surface area contributed by atoms with Gasteiger partial charge < -0.3 is 4.57 Å². The summed E-state index contributed by atoms with van der Waals surface area (Å²) in [7, 11) is 0. The van der Waals surface area contributed by atoms with Gasteiger partial charge in [0.05, 0.1) is 16.4 Å². The van der Waals surface area contributed by atoms with E-state index in [2.05, 4.69) is 18.4 Å². The van der Waals surface area contributed by atoms with Gasteiger partial charge in [0, 0.05) is 11.6 Å². The van der Waals surface area contributed by atoms with Gasteiger partial charge in [0.25, 0.3) is 0 Å². The monoisotopic (exact) mass is 326 g/mol. The summed E-state index contributed by atoms with van der Waals surface area (Å²) in [5.74, 6) is 1.61. The van der Waals surface area contributed by atoms with E-state index in [4.69, 9.17) is 28.2 Å². The SMILES string of the molecule is CCCCC(CC)Cn1c(C(C)Cl)nc2ccc(Cl)cc21. The zero-order valence-electron chi connectivity index (χ0n) is 13.1. The van der Waals surface area contributed by atoms with Crippen LogP contribution in [0.25, 0.3) is 11.0 Å². The van der Waals surface area contributed by atoms with Crippen molar-refractivity contribution in [1.82, 2.24) is 9.55 Å². The number of halogens is 2. The van der Waals surface area contributed by atoms with Crippen LogP contribution < -0.4 is 0 Å². The van der Waals surface area contributed by atoms with Crippen LogP contribution in [0.5, 0.6) is 0 Å². The number of hydrogen-bond acceptors (Lipinski definition) is 1. The van der Waals surface area contributed by atoms with Crippen LogP contribution in [0, 0.1) is 5.92 Å². The molecule has 0 saturated carbocycles. The second-order valence-electron chi connectivity index (χ2n) is 5.75. The lowest BCUT2D eigenvalue weighted by Gasteiger charge is -2.18. The highest BCUT2D eigenvalue weighted by atomic mass is 35.5. The molecule has 0 aliphatic heterocycles. The topological polar surface area (TPSA) is 17.8 Å². The molecule has 0 N–H and O–H groups in total. The lowest BCUT2D eigenvalue weighted by Crippen LogP contribution is -2.13. The van der Waals surface area contributed by atoms with Crippen LogP contribution in [0.3, 0.4) is 0 Å². The number of aromatic nitrogens is 2. The van der Waals surface area contributed by atoms with Gasteiger partial charge in [-0.05, 0) is 37.5 Å². The van der Waals surface area contributed by atoms with Gasteiger partial charge in [-0.25, -0.2) is 4.98 Å². The van der Waals surface area contributed by atoms with Crippen LogP contribution in [-0.2, 0) is 6.54 Å². The Balaban J connectivity index is 2.39. The number of nitrogens with zero attached hydrogens (tertiary/aromatic N) is 2. The average Bonchev–Trinajstić information content (AvgIpc) is 2.81. The highest BCUT2D eigenvalue weighted by Gasteiger charge is 2.18. The van der Waals surface area contributed by atoms with E-state index in [1.54, 1.807) is 0 Å². The third-order valence-corrected chi connectivity index (χ3v) is 4.51. The zero-order valence-corrected chi connectivity index (χ0v) is 14.6. The molecule has 0 aliphatic carbocycles. The van der Waals surface area contributed by atoms with Crippen LogP contribution in [0.15, 0.2) is 18.2 Å². The van der Waals surface area contributed by atoms with E-state index in [-0.39, 0.29) is 5.38 Å². The number of unbranched alkanes of at least 4 members (excludes halogenated alkanes) is 1. The molecule has 21 heavy (non-hydrogen) atoms. The van der Waals surface area contributed by atoms with E-state index >= 15 is 0 Å². The summed E-state index contributed by atoms with van der Waals surface area (Å²) in [5, 5.41) is 0.652. The third-order valence-electron chi connectivity index (χ3n) is 4.08. The summed E-state index contributed by atoms with van der Waals surface area (Å²) >= 11 is 12.5. The molecule has 0 aliphatic rings. The van der Waals surface area contributed by atoms with Gasteiger partial charge in [-0.2, -0.15) is 0 Å². The molecule has 0 amide bonds. The molecule has 0 radical (unpaired) electrons. The molecule has 2 nitrogen and oxygen atoms in total. The maximum Gasteiger partial charge on any atom is 0.127 e. The minimum Gasteiger partial charge on any atom is -0.326 e. The molecule has 1 heterocycles. The van der Waals surface area contributed by atoms with Crippen molar-refractivity contribution in [2.75, 3.05) is 0 Å². The summed E-state index contributed by atoms with van der Waals surface area (Å²) < 4.78 is 2.27. The molecular formula is C17H24Cl2N2. The second-order valence-corrected chi connectivity index (χ2v) is 6.84. The Labute approximate surface area is 137 Å². The fourth-order valence-corrected chi connectivity index (χ4v) is 3.12. The summed E-state index contributed by atoms with van der Waals surface area (Å²) in [6, 6.07) is 5.86. The van der Waals surface area contributed by atoms with E-state index in [1.807, 2.05) is 25.1 Å². The van der Waals surface area contributed by atoms with Crippen LogP contribution in [-0.4, -0.2) is 9.55 Å². The van der Waals surface area contributed by atoms with Gasteiger partial charge in [-0.3, -0.25) is 0 Å². The number of alkyl halides is 1. The van der Waals surface area contributed by atoms with Gasteiger partial charge in [0.15, 0.2) is 0 Å². The van der Waals surface area contributed by atoms with Gasteiger partial charge in [-0.15, -0.1) is 11.6 Å². The van der Waals surface area contributed by atoms with E-state index in [0.717, 1.165) is 28.4 Å². The Morgan fingerprint density at radius 3 is 2.67 bits per heavy atom. The van der Waals surface area contributed by atoms with Crippen molar-refractivity contribution in [2.45, 2.75) is 58.4 Å². The second kappa shape index (κ2) is 7.51. The molecule has 0 saturated heterocycles. The van der Waals surface area contributed by atoms with E-state index in [1.165, 1.54) is 25.7 Å². The largest absolute Gasteiger partial charge is 0.326 e. The highest BCUT2D eigenvalue weighted by Crippen LogP contribution is 2.28. The molecule has 0 bridgehead atoms. The van der Waals surface area contributed by atoms with Crippen molar-refractivity contribution in [3.8, 4) is 0 Å². The predicted molar refractivity (Wildman–Crippen MR) is 92.3 cm³/mol. The Hall–Kier alpha value is -0.730. The molecule has 2 aromatic rings. The van der Waals surface area contributed by atoms with Gasteiger partial charge in [0.2, 0.25) is 0 Å². The molecule has 2 unspecified atom stereocenters.